The molecule has 3 aromatic rings. The van der Waals surface area contributed by atoms with E-state index in [9.17, 15) is 9.59 Å². The number of rotatable bonds is 4. The van der Waals surface area contributed by atoms with Crippen molar-refractivity contribution in [2.45, 2.75) is 13.0 Å². The number of nitrogens with one attached hydrogen (secondary N) is 1. The van der Waals surface area contributed by atoms with E-state index in [1.54, 1.807) is 0 Å². The third-order valence-electron chi connectivity index (χ3n) is 5.14. The van der Waals surface area contributed by atoms with Crippen LogP contribution in [0.15, 0.2) is 60.0 Å². The van der Waals surface area contributed by atoms with Crippen molar-refractivity contribution >= 4 is 34.5 Å². The largest absolute Gasteiger partial charge is 0.378 e. The average molecular weight is 406 g/mol. The summed E-state index contributed by atoms with van der Waals surface area (Å²) in [5.74, 6) is -0.0707. The molecule has 0 radical (unpaired) electrons. The molecule has 0 atom stereocenters. The van der Waals surface area contributed by atoms with Gasteiger partial charge in [0.05, 0.1) is 4.88 Å². The number of carbonyl (C=O) groups excluding carboxylic acids is 2. The van der Waals surface area contributed by atoms with Crippen LogP contribution in [0.5, 0.6) is 0 Å². The normalized spacial score (nSPS) is 13.0. The van der Waals surface area contributed by atoms with Gasteiger partial charge in [-0.3, -0.25) is 9.59 Å². The summed E-state index contributed by atoms with van der Waals surface area (Å²) in [6.07, 6.45) is 0.826. The minimum absolute atomic E-state index is 0.0704. The summed E-state index contributed by atoms with van der Waals surface area (Å²) in [5.41, 5.74) is 4.72. The van der Waals surface area contributed by atoms with Gasteiger partial charge in [0.25, 0.3) is 11.8 Å². The standard InChI is InChI=1S/C23H23N3O2S/c1-25(2)20-9-6-17(7-10-20)22(27)24-19-8-5-16-11-12-26(15-18(16)14-19)23(28)21-4-3-13-29-21/h3-10,13-14H,11-12,15H2,1-2H3,(H,24,27). The molecule has 6 heteroatoms. The molecule has 29 heavy (non-hydrogen) atoms. The van der Waals surface area contributed by atoms with E-state index in [0.29, 0.717) is 18.7 Å². The van der Waals surface area contributed by atoms with Crippen molar-refractivity contribution in [1.29, 1.82) is 0 Å². The molecule has 1 N–H and O–H groups in total. The van der Waals surface area contributed by atoms with Gasteiger partial charge in [-0.05, 0) is 65.4 Å². The van der Waals surface area contributed by atoms with Gasteiger partial charge in [0.2, 0.25) is 0 Å². The molecule has 0 spiro atoms. The number of nitrogens with zero attached hydrogens (tertiary/aromatic N) is 2. The van der Waals surface area contributed by atoms with Crippen molar-refractivity contribution in [2.24, 2.45) is 0 Å². The van der Waals surface area contributed by atoms with Crippen molar-refractivity contribution in [2.75, 3.05) is 30.9 Å². The number of fused-ring (bicyclic) bond motifs is 1. The number of benzene rings is 2. The van der Waals surface area contributed by atoms with E-state index in [4.69, 9.17) is 0 Å². The van der Waals surface area contributed by atoms with Crippen molar-refractivity contribution in [3.63, 3.8) is 0 Å². The number of thiophene rings is 1. The maximum Gasteiger partial charge on any atom is 0.264 e. The summed E-state index contributed by atoms with van der Waals surface area (Å²) in [6.45, 7) is 1.28. The first-order valence-corrected chi connectivity index (χ1v) is 10.4. The molecular formula is C23H23N3O2S. The molecule has 2 amide bonds. The molecule has 1 aromatic heterocycles. The summed E-state index contributed by atoms with van der Waals surface area (Å²) >= 11 is 1.47. The van der Waals surface area contributed by atoms with Gasteiger partial charge in [-0.25, -0.2) is 0 Å². The Balaban J connectivity index is 1.47. The highest BCUT2D eigenvalue weighted by Crippen LogP contribution is 2.25. The van der Waals surface area contributed by atoms with Gasteiger partial charge < -0.3 is 15.1 Å². The van der Waals surface area contributed by atoms with Crippen LogP contribution in [0.25, 0.3) is 0 Å². The lowest BCUT2D eigenvalue weighted by molar-refractivity contribution is 0.0739. The molecule has 148 valence electrons. The Morgan fingerprint density at radius 3 is 2.52 bits per heavy atom. The number of hydrogen-bond donors (Lipinski definition) is 1. The molecule has 5 nitrogen and oxygen atoms in total. The minimum Gasteiger partial charge on any atom is -0.378 e. The van der Waals surface area contributed by atoms with E-state index in [-0.39, 0.29) is 11.8 Å². The fourth-order valence-corrected chi connectivity index (χ4v) is 4.17. The quantitative estimate of drug-likeness (QED) is 0.705. The fourth-order valence-electron chi connectivity index (χ4n) is 3.48. The van der Waals surface area contributed by atoms with Crippen molar-refractivity contribution in [3.05, 3.63) is 81.5 Å². The Bertz CT molecular complexity index is 1030. The van der Waals surface area contributed by atoms with Crippen LogP contribution in [-0.4, -0.2) is 37.4 Å². The maximum absolute atomic E-state index is 12.7. The van der Waals surface area contributed by atoms with Crippen LogP contribution in [0.4, 0.5) is 11.4 Å². The van der Waals surface area contributed by atoms with Crippen LogP contribution in [0, 0.1) is 0 Å². The van der Waals surface area contributed by atoms with Crippen LogP contribution in [-0.2, 0) is 13.0 Å². The highest BCUT2D eigenvalue weighted by molar-refractivity contribution is 7.12. The molecule has 0 saturated carbocycles. The second-order valence-electron chi connectivity index (χ2n) is 7.33. The molecule has 1 aliphatic heterocycles. The van der Waals surface area contributed by atoms with Crippen LogP contribution in [0.2, 0.25) is 0 Å². The SMILES string of the molecule is CN(C)c1ccc(C(=O)Nc2ccc3c(c2)CN(C(=O)c2cccs2)CC3)cc1. The molecule has 2 aromatic carbocycles. The summed E-state index contributed by atoms with van der Waals surface area (Å²) in [4.78, 5) is 29.9. The summed E-state index contributed by atoms with van der Waals surface area (Å²) in [5, 5.41) is 4.90. The second-order valence-corrected chi connectivity index (χ2v) is 8.28. The second kappa shape index (κ2) is 8.09. The van der Waals surface area contributed by atoms with Gasteiger partial charge in [-0.1, -0.05) is 12.1 Å². The van der Waals surface area contributed by atoms with E-state index >= 15 is 0 Å². The molecule has 0 unspecified atom stereocenters. The molecule has 1 aliphatic rings. The van der Waals surface area contributed by atoms with Gasteiger partial charge >= 0.3 is 0 Å². The third kappa shape index (κ3) is 4.17. The molecule has 0 fully saturated rings. The summed E-state index contributed by atoms with van der Waals surface area (Å²) in [7, 11) is 3.93. The van der Waals surface area contributed by atoms with E-state index in [0.717, 1.165) is 28.2 Å². The first-order chi connectivity index (χ1) is 14.0. The topological polar surface area (TPSA) is 52.7 Å². The molecule has 2 heterocycles. The van der Waals surface area contributed by atoms with Gasteiger partial charge in [-0.2, -0.15) is 0 Å². The first-order valence-electron chi connectivity index (χ1n) is 9.54. The molecule has 4 rings (SSSR count). The molecule has 0 saturated heterocycles. The van der Waals surface area contributed by atoms with Gasteiger partial charge in [0, 0.05) is 44.1 Å². The Labute approximate surface area is 174 Å². The lowest BCUT2D eigenvalue weighted by Crippen LogP contribution is -2.35. The van der Waals surface area contributed by atoms with Crippen molar-refractivity contribution in [1.82, 2.24) is 4.90 Å². The first kappa shape index (κ1) is 19.2. The summed E-state index contributed by atoms with van der Waals surface area (Å²) < 4.78 is 0. The Morgan fingerprint density at radius 2 is 1.83 bits per heavy atom. The highest BCUT2D eigenvalue weighted by Gasteiger charge is 2.22. The number of carbonyl (C=O) groups is 2. The third-order valence-corrected chi connectivity index (χ3v) is 6.00. The Kier molecular flexibility index (Phi) is 5.36. The van der Waals surface area contributed by atoms with E-state index < -0.39 is 0 Å². The van der Waals surface area contributed by atoms with Gasteiger partial charge in [0.1, 0.15) is 0 Å². The number of anilines is 2. The average Bonchev–Trinajstić information content (AvgIpc) is 3.27. The monoisotopic (exact) mass is 405 g/mol. The molecular weight excluding hydrogens is 382 g/mol. The molecule has 0 aliphatic carbocycles. The number of amides is 2. The lowest BCUT2D eigenvalue weighted by atomic mass is 9.98. The van der Waals surface area contributed by atoms with Crippen LogP contribution in [0.3, 0.4) is 0 Å². The van der Waals surface area contributed by atoms with Crippen LogP contribution in [0.1, 0.15) is 31.2 Å². The van der Waals surface area contributed by atoms with Crippen LogP contribution < -0.4 is 10.2 Å². The zero-order valence-corrected chi connectivity index (χ0v) is 17.3. The van der Waals surface area contributed by atoms with E-state index in [2.05, 4.69) is 5.32 Å². The highest BCUT2D eigenvalue weighted by atomic mass is 32.1. The fraction of sp³-hybridized carbons (Fsp3) is 0.217. The molecule has 0 bridgehead atoms. The van der Waals surface area contributed by atoms with E-state index in [1.165, 1.54) is 16.9 Å². The van der Waals surface area contributed by atoms with E-state index in [1.807, 2.05) is 83.9 Å². The van der Waals surface area contributed by atoms with Crippen molar-refractivity contribution in [3.8, 4) is 0 Å². The minimum atomic E-state index is -0.141. The summed E-state index contributed by atoms with van der Waals surface area (Å²) in [6, 6.07) is 17.2. The lowest BCUT2D eigenvalue weighted by Gasteiger charge is -2.29. The Hall–Kier alpha value is -3.12. The number of hydrogen-bond acceptors (Lipinski definition) is 4. The van der Waals surface area contributed by atoms with Crippen molar-refractivity contribution < 1.29 is 9.59 Å². The Morgan fingerprint density at radius 1 is 1.03 bits per heavy atom. The van der Waals surface area contributed by atoms with Gasteiger partial charge in [0.15, 0.2) is 0 Å². The predicted molar refractivity (Wildman–Crippen MR) is 118 cm³/mol. The van der Waals surface area contributed by atoms with Crippen LogP contribution >= 0.6 is 11.3 Å². The zero-order valence-electron chi connectivity index (χ0n) is 16.5. The smallest absolute Gasteiger partial charge is 0.264 e. The maximum atomic E-state index is 12.7. The zero-order chi connectivity index (χ0) is 20.4. The van der Waals surface area contributed by atoms with Gasteiger partial charge in [-0.15, -0.1) is 11.3 Å². The predicted octanol–water partition coefficient (Wildman–Crippen LogP) is 4.26.